The number of hydrogen-bond acceptors (Lipinski definition) is 8. The highest BCUT2D eigenvalue weighted by molar-refractivity contribution is 7.13. The summed E-state index contributed by atoms with van der Waals surface area (Å²) in [4.78, 5) is 57.4. The number of halogens is 1. The van der Waals surface area contributed by atoms with Crippen LogP contribution in [-0.4, -0.2) is 59.0 Å². The first kappa shape index (κ1) is 33.6. The second-order valence-electron chi connectivity index (χ2n) is 10.1. The highest BCUT2D eigenvalue weighted by Gasteiger charge is 2.31. The van der Waals surface area contributed by atoms with E-state index in [1.807, 2.05) is 0 Å². The summed E-state index contributed by atoms with van der Waals surface area (Å²) >= 11 is 1.11. The quantitative estimate of drug-likeness (QED) is 0.178. The van der Waals surface area contributed by atoms with Crippen molar-refractivity contribution in [1.82, 2.24) is 20.9 Å². The summed E-state index contributed by atoms with van der Waals surface area (Å²) in [7, 11) is 1.46. The molecule has 0 bridgehead atoms. The molecule has 44 heavy (non-hydrogen) atoms. The van der Waals surface area contributed by atoms with E-state index in [-0.39, 0.29) is 29.0 Å². The van der Waals surface area contributed by atoms with Gasteiger partial charge in [0.1, 0.15) is 34.4 Å². The maximum absolute atomic E-state index is 14.4. The molecule has 4 N–H and O–H groups in total. The molecule has 0 spiro atoms. The monoisotopic (exact) mass is 620 g/mol. The van der Waals surface area contributed by atoms with E-state index in [1.54, 1.807) is 56.3 Å². The number of hydrogen-bond donors (Lipinski definition) is 4. The molecule has 1 aromatic heterocycles. The van der Waals surface area contributed by atoms with Gasteiger partial charge in [0.15, 0.2) is 0 Å². The number of aryl methyl sites for hydroxylation is 2. The van der Waals surface area contributed by atoms with Crippen LogP contribution >= 0.6 is 11.3 Å². The van der Waals surface area contributed by atoms with E-state index < -0.39 is 47.6 Å². The fourth-order valence-electron chi connectivity index (χ4n) is 4.15. The van der Waals surface area contributed by atoms with Crippen LogP contribution in [0.15, 0.2) is 60.8 Å². The Labute approximate surface area is 258 Å². The minimum atomic E-state index is -1.41. The van der Waals surface area contributed by atoms with Crippen LogP contribution in [0, 0.1) is 31.0 Å². The van der Waals surface area contributed by atoms with Crippen LogP contribution in [0.1, 0.15) is 38.3 Å². The lowest BCUT2D eigenvalue weighted by molar-refractivity contribution is -0.131. The maximum Gasteiger partial charge on any atom is 0.268 e. The largest absolute Gasteiger partial charge is 0.391 e. The summed E-state index contributed by atoms with van der Waals surface area (Å²) in [6.45, 7) is 8.06. The topological polar surface area (TPSA) is 165 Å². The Morgan fingerprint density at radius 3 is 2.48 bits per heavy atom. The van der Waals surface area contributed by atoms with Crippen LogP contribution in [0.2, 0.25) is 0 Å². The van der Waals surface area contributed by atoms with E-state index >= 15 is 0 Å². The minimum absolute atomic E-state index is 0.0719. The van der Waals surface area contributed by atoms with Gasteiger partial charge in [0.05, 0.1) is 17.3 Å². The van der Waals surface area contributed by atoms with Gasteiger partial charge < -0.3 is 26.0 Å². The molecular weight excluding hydrogens is 587 g/mol. The lowest BCUT2D eigenvalue weighted by Gasteiger charge is -2.25. The first-order valence-electron chi connectivity index (χ1n) is 13.5. The van der Waals surface area contributed by atoms with Crippen molar-refractivity contribution in [3.63, 3.8) is 0 Å². The smallest absolute Gasteiger partial charge is 0.268 e. The van der Waals surface area contributed by atoms with E-state index in [0.717, 1.165) is 11.3 Å². The van der Waals surface area contributed by atoms with Gasteiger partial charge in [0, 0.05) is 31.3 Å². The number of aromatic nitrogens is 1. The Morgan fingerprint density at radius 1 is 1.14 bits per heavy atom. The fourth-order valence-corrected chi connectivity index (χ4v) is 4.83. The van der Waals surface area contributed by atoms with Crippen molar-refractivity contribution in [3.05, 3.63) is 93.2 Å². The third-order valence-electron chi connectivity index (χ3n) is 6.63. The van der Waals surface area contributed by atoms with Crippen LogP contribution < -0.4 is 20.9 Å². The molecule has 0 fully saturated rings. The van der Waals surface area contributed by atoms with Crippen LogP contribution in [-0.2, 0) is 27.3 Å². The summed E-state index contributed by atoms with van der Waals surface area (Å²) < 4.78 is 14.4. The van der Waals surface area contributed by atoms with Gasteiger partial charge in [-0.3, -0.25) is 19.2 Å². The Bertz CT molecular complexity index is 1610. The average Bonchev–Trinajstić information content (AvgIpc) is 3.43. The first-order chi connectivity index (χ1) is 20.8. The number of amides is 4. The molecule has 0 unspecified atom stereocenters. The van der Waals surface area contributed by atoms with Gasteiger partial charge in [-0.2, -0.15) is 5.26 Å². The molecule has 0 radical (unpaired) electrons. The SMILES string of the molecule is C=C(C#N)C(=O)N(C)c1cccc(C[C@H](NC(=O)[C@@H](NC(=O)c2cnc(C)s2)[C@@H](C)O)C(=O)NCc2ccc(C)cc2F)c1. The molecule has 0 aliphatic carbocycles. The van der Waals surface area contributed by atoms with Crippen molar-refractivity contribution in [2.24, 2.45) is 0 Å². The maximum atomic E-state index is 14.4. The summed E-state index contributed by atoms with van der Waals surface area (Å²) in [6, 6.07) is 10.2. The fraction of sp³-hybridized carbons (Fsp3) is 0.290. The number of carbonyl (C=O) groups is 4. The summed E-state index contributed by atoms with van der Waals surface area (Å²) in [6.07, 6.45) is -0.0417. The molecule has 0 aliphatic heterocycles. The molecule has 3 rings (SSSR count). The van der Waals surface area contributed by atoms with Gasteiger partial charge in [-0.1, -0.05) is 30.8 Å². The van der Waals surface area contributed by atoms with Gasteiger partial charge >= 0.3 is 0 Å². The Hall–Kier alpha value is -4.93. The van der Waals surface area contributed by atoms with Crippen LogP contribution in [0.4, 0.5) is 10.1 Å². The van der Waals surface area contributed by atoms with E-state index in [0.29, 0.717) is 21.8 Å². The van der Waals surface area contributed by atoms with Crippen molar-refractivity contribution >= 4 is 40.7 Å². The second kappa shape index (κ2) is 15.0. The number of thiazole rings is 1. The lowest BCUT2D eigenvalue weighted by atomic mass is 10.0. The average molecular weight is 621 g/mol. The number of nitriles is 1. The number of anilines is 1. The highest BCUT2D eigenvalue weighted by atomic mass is 32.1. The van der Waals surface area contributed by atoms with E-state index in [2.05, 4.69) is 27.5 Å². The number of likely N-dealkylation sites (N-methyl/N-ethyl adjacent to an activating group) is 1. The van der Waals surface area contributed by atoms with Crippen molar-refractivity contribution in [2.45, 2.75) is 51.9 Å². The third kappa shape index (κ3) is 8.79. The van der Waals surface area contributed by atoms with Gasteiger partial charge in [0.2, 0.25) is 11.8 Å². The Morgan fingerprint density at radius 2 is 1.86 bits per heavy atom. The van der Waals surface area contributed by atoms with E-state index in [9.17, 15) is 28.7 Å². The molecule has 2 aromatic carbocycles. The van der Waals surface area contributed by atoms with E-state index in [1.165, 1.54) is 31.1 Å². The number of rotatable bonds is 12. The van der Waals surface area contributed by atoms with E-state index in [4.69, 9.17) is 5.26 Å². The number of nitrogens with one attached hydrogen (secondary N) is 3. The first-order valence-corrected chi connectivity index (χ1v) is 14.3. The zero-order chi connectivity index (χ0) is 32.6. The number of carbonyl (C=O) groups excluding carboxylic acids is 4. The zero-order valence-corrected chi connectivity index (χ0v) is 25.5. The third-order valence-corrected chi connectivity index (χ3v) is 7.54. The molecule has 13 heteroatoms. The summed E-state index contributed by atoms with van der Waals surface area (Å²) in [5.74, 6) is -3.21. The summed E-state index contributed by atoms with van der Waals surface area (Å²) in [5.41, 5.74) is 1.63. The molecule has 3 aromatic rings. The van der Waals surface area contributed by atoms with Gasteiger partial charge in [0.25, 0.3) is 11.8 Å². The standard InChI is InChI=1S/C31H33FN6O5S/c1-17-9-10-22(24(32)11-17)15-35-28(40)25(13-21-7-6-8-23(12-21)38(5)31(43)18(2)14-33)36-30(42)27(19(3)39)37-29(41)26-16-34-20(4)44-26/h6-12,16,19,25,27,39H,2,13,15H2,1,3-5H3,(H,35,40)(H,36,42)(H,37,41)/t19-,25+,27+/m1/s1. The Kier molecular flexibility index (Phi) is 11.4. The molecule has 4 amide bonds. The van der Waals surface area contributed by atoms with Crippen molar-refractivity contribution < 1.29 is 28.7 Å². The number of nitrogens with zero attached hydrogens (tertiary/aromatic N) is 3. The lowest BCUT2D eigenvalue weighted by Crippen LogP contribution is -2.57. The molecule has 3 atom stereocenters. The Balaban J connectivity index is 1.86. The highest BCUT2D eigenvalue weighted by Crippen LogP contribution is 2.19. The molecule has 1 heterocycles. The normalized spacial score (nSPS) is 12.7. The predicted octanol–water partition coefficient (Wildman–Crippen LogP) is 2.46. The predicted molar refractivity (Wildman–Crippen MR) is 163 cm³/mol. The number of benzene rings is 2. The number of aliphatic hydroxyl groups is 1. The summed E-state index contributed by atoms with van der Waals surface area (Å²) in [5, 5.41) is 27.7. The molecular formula is C31H33FN6O5S. The van der Waals surface area contributed by atoms with Crippen LogP contribution in [0.3, 0.4) is 0 Å². The minimum Gasteiger partial charge on any atom is -0.391 e. The molecule has 0 saturated heterocycles. The van der Waals surface area contributed by atoms with Gasteiger partial charge in [-0.15, -0.1) is 11.3 Å². The van der Waals surface area contributed by atoms with Gasteiger partial charge in [-0.05, 0) is 50.1 Å². The molecule has 0 saturated carbocycles. The zero-order valence-electron chi connectivity index (χ0n) is 24.7. The van der Waals surface area contributed by atoms with Crippen molar-refractivity contribution in [1.29, 1.82) is 5.26 Å². The van der Waals surface area contributed by atoms with Crippen LogP contribution in [0.5, 0.6) is 0 Å². The van der Waals surface area contributed by atoms with Crippen LogP contribution in [0.25, 0.3) is 0 Å². The molecule has 0 aliphatic rings. The van der Waals surface area contributed by atoms with Gasteiger partial charge in [-0.25, -0.2) is 9.37 Å². The molecule has 230 valence electrons. The van der Waals surface area contributed by atoms with Crippen molar-refractivity contribution in [2.75, 3.05) is 11.9 Å². The number of aliphatic hydroxyl groups excluding tert-OH is 1. The van der Waals surface area contributed by atoms with Crippen molar-refractivity contribution in [3.8, 4) is 6.07 Å². The molecule has 11 nitrogen and oxygen atoms in total. The second-order valence-corrected chi connectivity index (χ2v) is 11.4.